The first-order chi connectivity index (χ1) is 11.8. The summed E-state index contributed by atoms with van der Waals surface area (Å²) in [6.07, 6.45) is 1.33. The maximum Gasteiger partial charge on any atom is 0.247 e. The van der Waals surface area contributed by atoms with Crippen LogP contribution in [-0.4, -0.2) is 10.2 Å². The summed E-state index contributed by atoms with van der Waals surface area (Å²) >= 11 is 0. The average Bonchev–Trinajstić information content (AvgIpc) is 3.08. The average molecular weight is 336 g/mol. The molecule has 0 aliphatic carbocycles. The summed E-state index contributed by atoms with van der Waals surface area (Å²) < 4.78 is 11.2. The number of hydrogen-bond acceptors (Lipinski definition) is 4. The van der Waals surface area contributed by atoms with E-state index in [1.165, 1.54) is 28.6 Å². The predicted octanol–water partition coefficient (Wildman–Crippen LogP) is 5.23. The van der Waals surface area contributed by atoms with Gasteiger partial charge in [-0.3, -0.25) is 0 Å². The molecule has 0 aliphatic rings. The van der Waals surface area contributed by atoms with Crippen molar-refractivity contribution >= 4 is 0 Å². The van der Waals surface area contributed by atoms with Crippen LogP contribution >= 0.6 is 0 Å². The Balaban J connectivity index is 1.73. The Morgan fingerprint density at radius 3 is 2.16 bits per heavy atom. The van der Waals surface area contributed by atoms with Crippen molar-refractivity contribution in [3.63, 3.8) is 0 Å². The van der Waals surface area contributed by atoms with Crippen LogP contribution in [0, 0.1) is 13.8 Å². The van der Waals surface area contributed by atoms with Crippen LogP contribution < -0.4 is 4.74 Å². The van der Waals surface area contributed by atoms with Crippen LogP contribution in [-0.2, 0) is 12.0 Å². The third-order valence-electron chi connectivity index (χ3n) is 4.41. The third-order valence-corrected chi connectivity index (χ3v) is 4.41. The Kier molecular flexibility index (Phi) is 4.62. The van der Waals surface area contributed by atoms with Crippen molar-refractivity contribution < 1.29 is 9.15 Å². The summed E-state index contributed by atoms with van der Waals surface area (Å²) in [7, 11) is 0. The highest BCUT2D eigenvalue weighted by atomic mass is 16.5. The van der Waals surface area contributed by atoms with Crippen molar-refractivity contribution in [3.05, 3.63) is 65.0 Å². The van der Waals surface area contributed by atoms with Gasteiger partial charge in [0.15, 0.2) is 0 Å². The molecule has 1 aromatic heterocycles. The minimum absolute atomic E-state index is 0.152. The lowest BCUT2D eigenvalue weighted by molar-refractivity contribution is 0.304. The molecule has 0 radical (unpaired) electrons. The van der Waals surface area contributed by atoms with Crippen molar-refractivity contribution in [1.29, 1.82) is 0 Å². The summed E-state index contributed by atoms with van der Waals surface area (Å²) in [6.45, 7) is 11.6. The van der Waals surface area contributed by atoms with Crippen molar-refractivity contribution in [2.45, 2.75) is 46.6 Å². The van der Waals surface area contributed by atoms with Crippen LogP contribution in [0.4, 0.5) is 0 Å². The molecule has 2 aromatic carbocycles. The highest BCUT2D eigenvalue weighted by Gasteiger charge is 2.16. The van der Waals surface area contributed by atoms with Gasteiger partial charge in [0.2, 0.25) is 12.3 Å². The van der Waals surface area contributed by atoms with E-state index >= 15 is 0 Å². The molecular formula is C21H24N2O2. The van der Waals surface area contributed by atoms with Gasteiger partial charge in [0, 0.05) is 5.56 Å². The van der Waals surface area contributed by atoms with Crippen LogP contribution in [0.15, 0.2) is 47.2 Å². The third kappa shape index (κ3) is 3.90. The van der Waals surface area contributed by atoms with E-state index in [0.29, 0.717) is 12.5 Å². The quantitative estimate of drug-likeness (QED) is 0.654. The standard InChI is InChI=1S/C21H24N2O2/c1-14-10-17(21(3,4)5)11-15(2)19(14)12-24-18-8-6-16(7-9-18)20-23-22-13-25-20/h6-11,13H,12H2,1-5H3. The zero-order valence-electron chi connectivity index (χ0n) is 15.5. The number of aromatic nitrogens is 2. The fraction of sp³-hybridized carbons (Fsp3) is 0.333. The second-order valence-electron chi connectivity index (χ2n) is 7.40. The molecule has 0 fully saturated rings. The van der Waals surface area contributed by atoms with E-state index in [2.05, 4.69) is 56.9 Å². The summed E-state index contributed by atoms with van der Waals surface area (Å²) in [6, 6.07) is 12.2. The summed E-state index contributed by atoms with van der Waals surface area (Å²) in [4.78, 5) is 0. The van der Waals surface area contributed by atoms with Gasteiger partial charge >= 0.3 is 0 Å². The SMILES string of the molecule is Cc1cc(C(C)(C)C)cc(C)c1COc1ccc(-c2nnco2)cc1. The Bertz CT molecular complexity index is 822. The van der Waals surface area contributed by atoms with Gasteiger partial charge in [-0.05, 0) is 65.8 Å². The first kappa shape index (κ1) is 17.2. The van der Waals surface area contributed by atoms with Crippen LogP contribution in [0.3, 0.4) is 0 Å². The highest BCUT2D eigenvalue weighted by Crippen LogP contribution is 2.28. The predicted molar refractivity (Wildman–Crippen MR) is 98.7 cm³/mol. The van der Waals surface area contributed by atoms with E-state index < -0.39 is 0 Å². The van der Waals surface area contributed by atoms with Crippen LogP contribution in [0.1, 0.15) is 43.0 Å². The topological polar surface area (TPSA) is 48.2 Å². The molecule has 3 aromatic rings. The molecule has 4 heteroatoms. The number of nitrogens with zero attached hydrogens (tertiary/aromatic N) is 2. The molecule has 0 amide bonds. The van der Waals surface area contributed by atoms with Crippen molar-refractivity contribution in [3.8, 4) is 17.2 Å². The van der Waals surface area contributed by atoms with E-state index in [1.54, 1.807) is 0 Å². The minimum Gasteiger partial charge on any atom is -0.489 e. The molecule has 0 aliphatic heterocycles. The van der Waals surface area contributed by atoms with E-state index in [4.69, 9.17) is 9.15 Å². The molecule has 130 valence electrons. The molecule has 25 heavy (non-hydrogen) atoms. The monoisotopic (exact) mass is 336 g/mol. The molecule has 0 saturated carbocycles. The normalized spacial score (nSPS) is 11.6. The Labute approximate surface area is 148 Å². The van der Waals surface area contributed by atoms with Crippen LogP contribution in [0.5, 0.6) is 5.75 Å². The molecule has 0 bridgehead atoms. The zero-order chi connectivity index (χ0) is 18.0. The van der Waals surface area contributed by atoms with Gasteiger partial charge in [0.1, 0.15) is 12.4 Å². The first-order valence-electron chi connectivity index (χ1n) is 8.44. The Morgan fingerprint density at radius 2 is 1.64 bits per heavy atom. The molecule has 1 heterocycles. The summed E-state index contributed by atoms with van der Waals surface area (Å²) in [5, 5.41) is 7.60. The molecule has 0 N–H and O–H groups in total. The van der Waals surface area contributed by atoms with Gasteiger partial charge in [0.05, 0.1) is 0 Å². The summed E-state index contributed by atoms with van der Waals surface area (Å²) in [5.74, 6) is 1.33. The molecular weight excluding hydrogens is 312 g/mol. The molecule has 3 rings (SSSR count). The largest absolute Gasteiger partial charge is 0.489 e. The van der Waals surface area contributed by atoms with Gasteiger partial charge in [-0.1, -0.05) is 32.9 Å². The number of aryl methyl sites for hydroxylation is 2. The molecule has 0 unspecified atom stereocenters. The van der Waals surface area contributed by atoms with E-state index in [0.717, 1.165) is 11.3 Å². The fourth-order valence-electron chi connectivity index (χ4n) is 2.80. The maximum absolute atomic E-state index is 5.98. The number of hydrogen-bond donors (Lipinski definition) is 0. The lowest BCUT2D eigenvalue weighted by Crippen LogP contribution is -2.13. The summed E-state index contributed by atoms with van der Waals surface area (Å²) in [5.41, 5.74) is 6.18. The molecule has 0 saturated heterocycles. The van der Waals surface area contributed by atoms with Crippen molar-refractivity contribution in [2.75, 3.05) is 0 Å². The Hall–Kier alpha value is -2.62. The number of rotatable bonds is 4. The molecule has 0 atom stereocenters. The number of benzene rings is 2. The lowest BCUT2D eigenvalue weighted by Gasteiger charge is -2.22. The highest BCUT2D eigenvalue weighted by molar-refractivity contribution is 5.53. The lowest BCUT2D eigenvalue weighted by atomic mass is 9.84. The van der Waals surface area contributed by atoms with Crippen LogP contribution in [0.25, 0.3) is 11.5 Å². The van der Waals surface area contributed by atoms with Gasteiger partial charge in [-0.2, -0.15) is 0 Å². The first-order valence-corrected chi connectivity index (χ1v) is 8.44. The molecule has 0 spiro atoms. The number of ether oxygens (including phenoxy) is 1. The second-order valence-corrected chi connectivity index (χ2v) is 7.40. The van der Waals surface area contributed by atoms with Gasteiger partial charge in [0.25, 0.3) is 0 Å². The van der Waals surface area contributed by atoms with Gasteiger partial charge in [-0.25, -0.2) is 0 Å². The van der Waals surface area contributed by atoms with Gasteiger partial charge in [-0.15, -0.1) is 10.2 Å². The van der Waals surface area contributed by atoms with Crippen LogP contribution in [0.2, 0.25) is 0 Å². The smallest absolute Gasteiger partial charge is 0.247 e. The second kappa shape index (κ2) is 6.71. The Morgan fingerprint density at radius 1 is 1.00 bits per heavy atom. The van der Waals surface area contributed by atoms with Gasteiger partial charge < -0.3 is 9.15 Å². The maximum atomic E-state index is 5.98. The molecule has 4 nitrogen and oxygen atoms in total. The van der Waals surface area contributed by atoms with E-state index in [-0.39, 0.29) is 5.41 Å². The zero-order valence-corrected chi connectivity index (χ0v) is 15.5. The fourth-order valence-corrected chi connectivity index (χ4v) is 2.80. The van der Waals surface area contributed by atoms with E-state index in [9.17, 15) is 0 Å². The minimum atomic E-state index is 0.152. The van der Waals surface area contributed by atoms with Crippen molar-refractivity contribution in [2.24, 2.45) is 0 Å². The van der Waals surface area contributed by atoms with E-state index in [1.807, 2.05) is 24.3 Å². The van der Waals surface area contributed by atoms with Crippen molar-refractivity contribution in [1.82, 2.24) is 10.2 Å².